The number of nitrogens with zero attached hydrogens (tertiary/aromatic N) is 3. The Hall–Kier alpha value is -6.23. The number of hydrogen-bond donors (Lipinski definition) is 0. The van der Waals surface area contributed by atoms with Gasteiger partial charge in [-0.3, -0.25) is 15.0 Å². The van der Waals surface area contributed by atoms with Crippen molar-refractivity contribution >= 4 is 64.2 Å². The van der Waals surface area contributed by atoms with Gasteiger partial charge in [-0.2, -0.15) is 0 Å². The van der Waals surface area contributed by atoms with Crippen molar-refractivity contribution in [1.82, 2.24) is 15.0 Å². The van der Waals surface area contributed by atoms with Crippen LogP contribution < -0.4 is 0 Å². The molecule has 10 rings (SSSR count). The van der Waals surface area contributed by atoms with Gasteiger partial charge in [0.15, 0.2) is 0 Å². The molecule has 228 valence electrons. The van der Waals surface area contributed by atoms with Crippen molar-refractivity contribution in [3.63, 3.8) is 0 Å². The molecule has 4 aromatic heterocycles. The summed E-state index contributed by atoms with van der Waals surface area (Å²) in [5.41, 5.74) is 12.1. The average Bonchev–Trinajstić information content (AvgIpc) is 3.55. The number of fused-ring (bicyclic) bond motifs is 7. The van der Waals surface area contributed by atoms with E-state index in [1.807, 2.05) is 42.1 Å². The maximum absolute atomic E-state index is 4.85. The van der Waals surface area contributed by atoms with E-state index in [2.05, 4.69) is 138 Å². The fourth-order valence-electron chi connectivity index (χ4n) is 7.11. The lowest BCUT2D eigenvalue weighted by Crippen LogP contribution is -1.89. The molecule has 0 radical (unpaired) electrons. The minimum Gasteiger partial charge on any atom is -0.256 e. The van der Waals surface area contributed by atoms with Crippen LogP contribution in [0.25, 0.3) is 97.4 Å². The van der Waals surface area contributed by atoms with Gasteiger partial charge in [-0.05, 0) is 81.9 Å². The van der Waals surface area contributed by atoms with Gasteiger partial charge in [-0.25, -0.2) is 0 Å². The van der Waals surface area contributed by atoms with Gasteiger partial charge in [-0.1, -0.05) is 97.1 Å². The lowest BCUT2D eigenvalue weighted by Gasteiger charge is -2.13. The third kappa shape index (κ3) is 4.76. The van der Waals surface area contributed by atoms with Crippen molar-refractivity contribution in [2.75, 3.05) is 0 Å². The van der Waals surface area contributed by atoms with E-state index in [-0.39, 0.29) is 0 Å². The number of benzene rings is 6. The smallest absolute Gasteiger partial charge is 0.0964 e. The van der Waals surface area contributed by atoms with E-state index in [4.69, 9.17) is 9.97 Å². The SMILES string of the molecule is c1cnc2c(-c3cc(-c4ccc(-c5cnc6c(ccc7cccnc76)c5)cc4)cc(-c4ccc5c(c4)sc4ccccc45)c3)cccc2c1. The summed E-state index contributed by atoms with van der Waals surface area (Å²) in [4.78, 5) is 14.2. The van der Waals surface area contributed by atoms with Gasteiger partial charge < -0.3 is 0 Å². The second-order valence-corrected chi connectivity index (χ2v) is 13.6. The van der Waals surface area contributed by atoms with Crippen LogP contribution in [0, 0.1) is 0 Å². The summed E-state index contributed by atoms with van der Waals surface area (Å²) >= 11 is 1.86. The Bertz CT molecular complexity index is 2880. The van der Waals surface area contributed by atoms with E-state index in [0.717, 1.165) is 66.1 Å². The van der Waals surface area contributed by atoms with Gasteiger partial charge in [0.25, 0.3) is 0 Å². The summed E-state index contributed by atoms with van der Waals surface area (Å²) in [7, 11) is 0. The zero-order valence-electron chi connectivity index (χ0n) is 26.3. The zero-order valence-corrected chi connectivity index (χ0v) is 27.2. The Kier molecular flexibility index (Phi) is 6.36. The van der Waals surface area contributed by atoms with Crippen molar-refractivity contribution in [3.8, 4) is 44.5 Å². The minimum absolute atomic E-state index is 0.930. The highest BCUT2D eigenvalue weighted by atomic mass is 32.1. The molecule has 0 saturated carbocycles. The first-order chi connectivity index (χ1) is 24.2. The first-order valence-electron chi connectivity index (χ1n) is 16.4. The van der Waals surface area contributed by atoms with Crippen LogP contribution in [0.15, 0.2) is 164 Å². The van der Waals surface area contributed by atoms with Crippen LogP contribution in [-0.2, 0) is 0 Å². The molecule has 4 heterocycles. The Morgan fingerprint density at radius 3 is 1.84 bits per heavy atom. The van der Waals surface area contributed by atoms with E-state index < -0.39 is 0 Å². The van der Waals surface area contributed by atoms with E-state index >= 15 is 0 Å². The molecule has 0 fully saturated rings. The number of thiophene rings is 1. The molecule has 0 aliphatic heterocycles. The summed E-state index contributed by atoms with van der Waals surface area (Å²) in [5.74, 6) is 0. The average molecular weight is 642 g/mol. The predicted molar refractivity (Wildman–Crippen MR) is 207 cm³/mol. The summed E-state index contributed by atoms with van der Waals surface area (Å²) in [6, 6.07) is 52.4. The summed E-state index contributed by atoms with van der Waals surface area (Å²) in [6.07, 6.45) is 5.67. The highest BCUT2D eigenvalue weighted by Gasteiger charge is 2.13. The maximum atomic E-state index is 4.85. The monoisotopic (exact) mass is 641 g/mol. The van der Waals surface area contributed by atoms with Crippen molar-refractivity contribution < 1.29 is 0 Å². The molecule has 0 aliphatic rings. The third-order valence-electron chi connectivity index (χ3n) is 9.56. The molecule has 0 aliphatic carbocycles. The molecular weight excluding hydrogens is 615 g/mol. The van der Waals surface area contributed by atoms with Gasteiger partial charge in [0.05, 0.1) is 16.6 Å². The van der Waals surface area contributed by atoms with Gasteiger partial charge in [0.1, 0.15) is 0 Å². The van der Waals surface area contributed by atoms with E-state index in [1.54, 1.807) is 0 Å². The van der Waals surface area contributed by atoms with Crippen LogP contribution in [0.2, 0.25) is 0 Å². The zero-order chi connectivity index (χ0) is 32.3. The number of rotatable bonds is 4. The van der Waals surface area contributed by atoms with Crippen LogP contribution in [0.4, 0.5) is 0 Å². The largest absolute Gasteiger partial charge is 0.256 e. The van der Waals surface area contributed by atoms with Crippen molar-refractivity contribution in [2.24, 2.45) is 0 Å². The standard InChI is InChI=1S/C45H27N3S/c1-2-11-41-39(9-1)40-19-18-32(26-42(40)49-41)35-23-34(24-36(25-35)38-10-3-6-30-7-4-20-46-43(30)38)28-12-14-29(15-13-28)37-22-33-17-16-31-8-5-21-47-44(31)45(33)48-27-37/h1-27H. The van der Waals surface area contributed by atoms with E-state index in [0.29, 0.717) is 0 Å². The fraction of sp³-hybridized carbons (Fsp3) is 0. The number of hydrogen-bond acceptors (Lipinski definition) is 4. The van der Waals surface area contributed by atoms with Crippen LogP contribution in [0.3, 0.4) is 0 Å². The first-order valence-corrected chi connectivity index (χ1v) is 17.2. The maximum Gasteiger partial charge on any atom is 0.0964 e. The Labute approximate surface area is 286 Å². The lowest BCUT2D eigenvalue weighted by molar-refractivity contribution is 1.37. The quantitative estimate of drug-likeness (QED) is 0.180. The topological polar surface area (TPSA) is 38.7 Å². The Balaban J connectivity index is 1.10. The van der Waals surface area contributed by atoms with Crippen molar-refractivity contribution in [3.05, 3.63) is 164 Å². The van der Waals surface area contributed by atoms with Crippen molar-refractivity contribution in [2.45, 2.75) is 0 Å². The van der Waals surface area contributed by atoms with Gasteiger partial charge in [-0.15, -0.1) is 11.3 Å². The van der Waals surface area contributed by atoms with Gasteiger partial charge in [0.2, 0.25) is 0 Å². The summed E-state index contributed by atoms with van der Waals surface area (Å²) < 4.78 is 2.62. The molecule has 0 bridgehead atoms. The van der Waals surface area contributed by atoms with Crippen LogP contribution in [-0.4, -0.2) is 15.0 Å². The first kappa shape index (κ1) is 27.8. The third-order valence-corrected chi connectivity index (χ3v) is 10.7. The molecule has 0 atom stereocenters. The highest BCUT2D eigenvalue weighted by molar-refractivity contribution is 7.25. The normalized spacial score (nSPS) is 11.7. The van der Waals surface area contributed by atoms with Crippen LogP contribution in [0.5, 0.6) is 0 Å². The Morgan fingerprint density at radius 1 is 0.347 bits per heavy atom. The molecule has 0 spiro atoms. The number of para-hydroxylation sites is 1. The molecule has 0 N–H and O–H groups in total. The van der Waals surface area contributed by atoms with Crippen LogP contribution in [0.1, 0.15) is 0 Å². The number of aromatic nitrogens is 3. The van der Waals surface area contributed by atoms with Crippen LogP contribution >= 0.6 is 11.3 Å². The Morgan fingerprint density at radius 2 is 0.980 bits per heavy atom. The lowest BCUT2D eigenvalue weighted by atomic mass is 9.91. The molecule has 3 nitrogen and oxygen atoms in total. The number of pyridine rings is 3. The molecular formula is C45H27N3S. The molecule has 6 aromatic carbocycles. The summed E-state index contributed by atoms with van der Waals surface area (Å²) in [6.45, 7) is 0. The molecule has 0 amide bonds. The molecule has 10 aromatic rings. The predicted octanol–water partition coefficient (Wildman–Crippen LogP) is 12.4. The molecule has 0 unspecified atom stereocenters. The van der Waals surface area contributed by atoms with Gasteiger partial charge >= 0.3 is 0 Å². The second kappa shape index (κ2) is 11.2. The molecule has 4 heteroatoms. The summed E-state index contributed by atoms with van der Waals surface area (Å²) in [5, 5.41) is 5.95. The molecule has 0 saturated heterocycles. The van der Waals surface area contributed by atoms with Gasteiger partial charge in [0, 0.05) is 66.0 Å². The minimum atomic E-state index is 0.930. The highest BCUT2D eigenvalue weighted by Crippen LogP contribution is 2.40. The second-order valence-electron chi connectivity index (χ2n) is 12.5. The van der Waals surface area contributed by atoms with Crippen molar-refractivity contribution in [1.29, 1.82) is 0 Å². The molecule has 49 heavy (non-hydrogen) atoms. The fourth-order valence-corrected chi connectivity index (χ4v) is 8.25. The van der Waals surface area contributed by atoms with E-state index in [1.165, 1.54) is 31.3 Å². The van der Waals surface area contributed by atoms with E-state index in [9.17, 15) is 0 Å².